The normalized spacial score (nSPS) is 18.8. The zero-order valence-electron chi connectivity index (χ0n) is 21.4. The van der Waals surface area contributed by atoms with Crippen LogP contribution in [-0.4, -0.2) is 59.7 Å². The molecule has 0 radical (unpaired) electrons. The Morgan fingerprint density at radius 3 is 2.73 bits per heavy atom. The monoisotopic (exact) mass is 517 g/mol. The van der Waals surface area contributed by atoms with Gasteiger partial charge in [-0.1, -0.05) is 25.1 Å². The molecule has 2 aromatic carbocycles. The number of aliphatic carboxylic acids is 1. The van der Waals surface area contributed by atoms with Gasteiger partial charge in [0.15, 0.2) is 0 Å². The van der Waals surface area contributed by atoms with Crippen LogP contribution < -0.4 is 10.1 Å². The summed E-state index contributed by atoms with van der Waals surface area (Å²) >= 11 is 0. The molecule has 0 unspecified atom stereocenters. The minimum atomic E-state index is -2.35. The van der Waals surface area contributed by atoms with Gasteiger partial charge in [-0.3, -0.25) is 9.69 Å². The van der Waals surface area contributed by atoms with E-state index >= 15 is 4.39 Å². The molecule has 4 rings (SSSR count). The Morgan fingerprint density at radius 1 is 1.24 bits per heavy atom. The number of ether oxygens (including phenoxy) is 1. The molecule has 0 spiro atoms. The molecular formula is C28H34F3N3O3. The van der Waals surface area contributed by atoms with Gasteiger partial charge in [0.2, 0.25) is 6.43 Å². The van der Waals surface area contributed by atoms with Crippen molar-refractivity contribution in [3.63, 3.8) is 0 Å². The van der Waals surface area contributed by atoms with Crippen LogP contribution in [0.5, 0.6) is 5.75 Å². The zero-order chi connectivity index (χ0) is 26.7. The first-order valence-corrected chi connectivity index (χ1v) is 12.7. The maximum Gasteiger partial charge on any atom is 0.307 e. The van der Waals surface area contributed by atoms with Gasteiger partial charge in [0.25, 0.3) is 0 Å². The highest BCUT2D eigenvalue weighted by molar-refractivity contribution is 5.85. The second kappa shape index (κ2) is 11.6. The van der Waals surface area contributed by atoms with Crippen molar-refractivity contribution < 1.29 is 27.8 Å². The number of fused-ring (bicyclic) bond motifs is 3. The lowest BCUT2D eigenvalue weighted by Crippen LogP contribution is -2.46. The highest BCUT2D eigenvalue weighted by Crippen LogP contribution is 2.44. The molecule has 0 amide bonds. The Morgan fingerprint density at radius 2 is 2.00 bits per heavy atom. The van der Waals surface area contributed by atoms with Crippen molar-refractivity contribution >= 4 is 16.9 Å². The van der Waals surface area contributed by atoms with Crippen molar-refractivity contribution in [1.82, 2.24) is 15.2 Å². The molecule has 0 fully saturated rings. The number of hydrogen-bond donors (Lipinski definition) is 3. The second-order valence-corrected chi connectivity index (χ2v) is 9.82. The topological polar surface area (TPSA) is 77.6 Å². The molecule has 3 aromatic rings. The van der Waals surface area contributed by atoms with Gasteiger partial charge >= 0.3 is 5.97 Å². The van der Waals surface area contributed by atoms with Crippen molar-refractivity contribution in [2.45, 2.75) is 52.1 Å². The minimum Gasteiger partial charge on any atom is -0.492 e. The number of nitrogens with zero attached hydrogens (tertiary/aromatic N) is 1. The molecular weight excluding hydrogens is 483 g/mol. The number of nitrogens with one attached hydrogen (secondary N) is 2. The Balaban J connectivity index is 1.71. The molecule has 9 heteroatoms. The molecule has 3 N–H and O–H groups in total. The van der Waals surface area contributed by atoms with E-state index in [1.807, 2.05) is 31.2 Å². The molecule has 0 saturated carbocycles. The summed E-state index contributed by atoms with van der Waals surface area (Å²) in [5.74, 6) is -1.43. The van der Waals surface area contributed by atoms with Gasteiger partial charge < -0.3 is 20.1 Å². The highest BCUT2D eigenvalue weighted by atomic mass is 19.3. The van der Waals surface area contributed by atoms with Crippen LogP contribution in [0.4, 0.5) is 13.2 Å². The van der Waals surface area contributed by atoms with E-state index in [4.69, 9.17) is 4.74 Å². The number of para-hydroxylation sites is 1. The fourth-order valence-electron chi connectivity index (χ4n) is 5.23. The van der Waals surface area contributed by atoms with Crippen LogP contribution in [0.15, 0.2) is 36.4 Å². The molecule has 1 aliphatic heterocycles. The van der Waals surface area contributed by atoms with Crippen LogP contribution >= 0.6 is 0 Å². The fraction of sp³-hybridized carbons (Fsp3) is 0.464. The summed E-state index contributed by atoms with van der Waals surface area (Å²) in [7, 11) is 0. The SMILES string of the molecule is Cc1c(OCCNCCC(F)F)ccc(F)c1[C@@H]1c2[nH]c3ccccc3c2C[C@@H](C)N1C[C@@H](C)C(=O)O. The minimum absolute atomic E-state index is 0.0269. The van der Waals surface area contributed by atoms with Gasteiger partial charge in [-0.2, -0.15) is 0 Å². The third-order valence-corrected chi connectivity index (χ3v) is 7.18. The van der Waals surface area contributed by atoms with E-state index in [0.29, 0.717) is 29.8 Å². The van der Waals surface area contributed by atoms with E-state index in [1.54, 1.807) is 19.9 Å². The molecule has 6 nitrogen and oxygen atoms in total. The highest BCUT2D eigenvalue weighted by Gasteiger charge is 2.39. The number of carboxylic acid groups (broad SMARTS) is 1. The summed E-state index contributed by atoms with van der Waals surface area (Å²) in [4.78, 5) is 17.3. The number of rotatable bonds is 11. The summed E-state index contributed by atoms with van der Waals surface area (Å²) in [6.45, 7) is 6.59. The van der Waals surface area contributed by atoms with Gasteiger partial charge in [0.05, 0.1) is 12.0 Å². The van der Waals surface area contributed by atoms with E-state index in [-0.39, 0.29) is 32.2 Å². The molecule has 1 aromatic heterocycles. The van der Waals surface area contributed by atoms with E-state index in [1.165, 1.54) is 6.07 Å². The average molecular weight is 518 g/mol. The third kappa shape index (κ3) is 5.78. The van der Waals surface area contributed by atoms with Gasteiger partial charge in [0.1, 0.15) is 18.2 Å². The molecule has 3 atom stereocenters. The first-order chi connectivity index (χ1) is 17.7. The maximum absolute atomic E-state index is 15.6. The van der Waals surface area contributed by atoms with Crippen LogP contribution in [0.1, 0.15) is 48.7 Å². The lowest BCUT2D eigenvalue weighted by atomic mass is 9.86. The Kier molecular flexibility index (Phi) is 8.44. The van der Waals surface area contributed by atoms with Crippen LogP contribution in [0.2, 0.25) is 0 Å². The number of carboxylic acids is 1. The molecule has 37 heavy (non-hydrogen) atoms. The molecule has 2 heterocycles. The predicted octanol–water partition coefficient (Wildman–Crippen LogP) is 5.30. The van der Waals surface area contributed by atoms with Crippen molar-refractivity contribution in [1.29, 1.82) is 0 Å². The summed E-state index contributed by atoms with van der Waals surface area (Å²) in [6.07, 6.45) is -1.87. The van der Waals surface area contributed by atoms with E-state index in [2.05, 4.69) is 15.2 Å². The summed E-state index contributed by atoms with van der Waals surface area (Å²) in [5.41, 5.74) is 4.01. The Hall–Kier alpha value is -3.04. The van der Waals surface area contributed by atoms with E-state index in [0.717, 1.165) is 22.2 Å². The summed E-state index contributed by atoms with van der Waals surface area (Å²) in [6, 6.07) is 10.4. The summed E-state index contributed by atoms with van der Waals surface area (Å²) < 4.78 is 46.2. The van der Waals surface area contributed by atoms with Crippen molar-refractivity contribution in [2.24, 2.45) is 5.92 Å². The number of aromatic nitrogens is 1. The fourth-order valence-corrected chi connectivity index (χ4v) is 5.23. The van der Waals surface area contributed by atoms with Gasteiger partial charge in [-0.15, -0.1) is 0 Å². The van der Waals surface area contributed by atoms with Crippen LogP contribution in [-0.2, 0) is 11.2 Å². The molecule has 0 aliphatic carbocycles. The number of hydrogen-bond acceptors (Lipinski definition) is 4. The van der Waals surface area contributed by atoms with Crippen LogP contribution in [0.25, 0.3) is 10.9 Å². The number of aromatic amines is 1. The first kappa shape index (κ1) is 27.0. The largest absolute Gasteiger partial charge is 0.492 e. The molecule has 0 saturated heterocycles. The van der Waals surface area contributed by atoms with E-state index in [9.17, 15) is 18.7 Å². The van der Waals surface area contributed by atoms with Crippen LogP contribution in [0.3, 0.4) is 0 Å². The summed E-state index contributed by atoms with van der Waals surface area (Å²) in [5, 5.41) is 13.6. The number of H-pyrrole nitrogens is 1. The molecule has 0 bridgehead atoms. The number of halogens is 3. The number of alkyl halides is 2. The molecule has 1 aliphatic rings. The van der Waals surface area contributed by atoms with Gasteiger partial charge in [-0.25, -0.2) is 13.2 Å². The zero-order valence-corrected chi connectivity index (χ0v) is 21.4. The smallest absolute Gasteiger partial charge is 0.307 e. The van der Waals surface area contributed by atoms with Gasteiger partial charge in [0, 0.05) is 54.3 Å². The Labute approximate surface area is 214 Å². The first-order valence-electron chi connectivity index (χ1n) is 12.7. The lowest BCUT2D eigenvalue weighted by Gasteiger charge is -2.42. The lowest BCUT2D eigenvalue weighted by molar-refractivity contribution is -0.142. The van der Waals surface area contributed by atoms with Crippen LogP contribution in [0, 0.1) is 18.7 Å². The van der Waals surface area contributed by atoms with Crippen molar-refractivity contribution in [3.05, 3.63) is 64.6 Å². The van der Waals surface area contributed by atoms with Crippen molar-refractivity contribution in [2.75, 3.05) is 26.2 Å². The Bertz CT molecular complexity index is 1250. The van der Waals surface area contributed by atoms with E-state index < -0.39 is 30.2 Å². The predicted molar refractivity (Wildman–Crippen MR) is 137 cm³/mol. The number of benzene rings is 2. The van der Waals surface area contributed by atoms with Crippen molar-refractivity contribution in [3.8, 4) is 5.75 Å². The second-order valence-electron chi connectivity index (χ2n) is 9.82. The quantitative estimate of drug-likeness (QED) is 0.301. The maximum atomic E-state index is 15.6. The molecule has 200 valence electrons. The average Bonchev–Trinajstić information content (AvgIpc) is 3.21. The van der Waals surface area contributed by atoms with Gasteiger partial charge in [-0.05, 0) is 49.6 Å². The third-order valence-electron chi connectivity index (χ3n) is 7.18. The number of carbonyl (C=O) groups is 1. The standard InChI is InChI=1S/C28H34F3N3O3/c1-16(28(35)36)15-34-17(2)14-20-19-6-4-5-7-22(19)33-26(20)27(34)25-18(3)23(9-8-21(25)29)37-13-12-32-11-10-24(30)31/h4-9,16-17,24,27,32-33H,10-15H2,1-3H3,(H,35,36)/t16-,17-,27-/m1/s1.